The van der Waals surface area contributed by atoms with E-state index in [1.807, 2.05) is 29.2 Å². The summed E-state index contributed by atoms with van der Waals surface area (Å²) in [6.07, 6.45) is 16.4. The summed E-state index contributed by atoms with van der Waals surface area (Å²) in [5.41, 5.74) is 9.39. The van der Waals surface area contributed by atoms with E-state index in [4.69, 9.17) is 15.8 Å². The minimum Gasteiger partial charge on any atom is -0.382 e. The number of aryl methyl sites for hydroxylation is 1. The molecule has 6 rings (SSSR count). The van der Waals surface area contributed by atoms with Gasteiger partial charge in [-0.1, -0.05) is 0 Å². The lowest BCUT2D eigenvalue weighted by Crippen LogP contribution is -2.50. The normalized spacial score (nSPS) is 23.6. The molecule has 1 atom stereocenters. The van der Waals surface area contributed by atoms with Gasteiger partial charge in [-0.3, -0.25) is 4.68 Å². The van der Waals surface area contributed by atoms with Gasteiger partial charge in [0.25, 0.3) is 10.0 Å². The van der Waals surface area contributed by atoms with Crippen LogP contribution < -0.4 is 21.7 Å². The van der Waals surface area contributed by atoms with Gasteiger partial charge in [-0.15, -0.1) is 0 Å². The van der Waals surface area contributed by atoms with Gasteiger partial charge in [0.15, 0.2) is 11.5 Å². The van der Waals surface area contributed by atoms with Crippen LogP contribution in [0.25, 0.3) is 17.0 Å². The third-order valence-electron chi connectivity index (χ3n) is 8.75. The minimum absolute atomic E-state index is 0.211. The fourth-order valence-electron chi connectivity index (χ4n) is 6.00. The van der Waals surface area contributed by atoms with E-state index in [0.29, 0.717) is 42.5 Å². The van der Waals surface area contributed by atoms with E-state index in [2.05, 4.69) is 45.0 Å². The summed E-state index contributed by atoms with van der Waals surface area (Å²) in [4.78, 5) is 11.3. The molecule has 0 radical (unpaired) electrons. The quantitative estimate of drug-likeness (QED) is 0.201. The molecule has 13 nitrogen and oxygen atoms in total. The van der Waals surface area contributed by atoms with Gasteiger partial charge in [0.1, 0.15) is 6.67 Å². The number of hydrogen-bond acceptors (Lipinski definition) is 11. The van der Waals surface area contributed by atoms with Crippen molar-refractivity contribution in [2.45, 2.75) is 74.5 Å². The number of dihydropyridines is 1. The molecular weight excluding hydrogens is 609 g/mol. The molecule has 0 aromatic carbocycles. The lowest BCUT2D eigenvalue weighted by atomic mass is 9.89. The Morgan fingerprint density at radius 2 is 1.93 bits per heavy atom. The van der Waals surface area contributed by atoms with Gasteiger partial charge in [0.2, 0.25) is 0 Å². The van der Waals surface area contributed by atoms with Crippen LogP contribution in [0.4, 0.5) is 4.39 Å². The first-order chi connectivity index (χ1) is 22.1. The number of aromatic nitrogens is 6. The van der Waals surface area contributed by atoms with Crippen LogP contribution in [-0.4, -0.2) is 93.4 Å². The Hall–Kier alpha value is -3.66. The summed E-state index contributed by atoms with van der Waals surface area (Å²) in [7, 11) is 0.616. The van der Waals surface area contributed by atoms with E-state index in [1.165, 1.54) is 12.4 Å². The number of rotatable bonds is 14. The lowest BCUT2D eigenvalue weighted by molar-refractivity contribution is 0.311. The van der Waals surface area contributed by atoms with E-state index >= 15 is 0 Å². The second kappa shape index (κ2) is 13.6. The first-order valence-electron chi connectivity index (χ1n) is 16.0. The average molecular weight is 654 g/mol. The lowest BCUT2D eigenvalue weighted by Gasteiger charge is -2.35. The van der Waals surface area contributed by atoms with E-state index < -0.39 is 15.7 Å². The number of halogens is 1. The summed E-state index contributed by atoms with van der Waals surface area (Å²) < 4.78 is 41.0. The van der Waals surface area contributed by atoms with Gasteiger partial charge in [-0.05, 0) is 83.8 Å². The van der Waals surface area contributed by atoms with Gasteiger partial charge in [-0.2, -0.15) is 14.3 Å². The molecule has 3 aromatic heterocycles. The molecule has 2 saturated carbocycles. The second-order valence-corrected chi connectivity index (χ2v) is 14.8. The summed E-state index contributed by atoms with van der Waals surface area (Å²) in [6.45, 7) is 1.81. The number of nitrogens with one attached hydrogen (secondary N) is 3. The molecule has 5 N–H and O–H groups in total. The fraction of sp³-hybridized carbons (Fsp3) is 0.548. The monoisotopic (exact) mass is 653 g/mol. The highest BCUT2D eigenvalue weighted by molar-refractivity contribution is 7.90. The predicted octanol–water partition coefficient (Wildman–Crippen LogP) is 1.93. The summed E-state index contributed by atoms with van der Waals surface area (Å²) in [5, 5.41) is 19.0. The van der Waals surface area contributed by atoms with Crippen molar-refractivity contribution in [1.29, 1.82) is 0 Å². The van der Waals surface area contributed by atoms with E-state index in [1.54, 1.807) is 12.3 Å². The Morgan fingerprint density at radius 1 is 1.15 bits per heavy atom. The maximum Gasteiger partial charge on any atom is 0.256 e. The van der Waals surface area contributed by atoms with Crippen LogP contribution in [0.2, 0.25) is 0 Å². The molecule has 4 heterocycles. The molecular formula is C31H44FN11O2S. The topological polar surface area (TPSA) is 161 Å². The molecule has 1 aliphatic heterocycles. The Kier molecular flexibility index (Phi) is 9.54. The van der Waals surface area contributed by atoms with Crippen molar-refractivity contribution in [3.63, 3.8) is 0 Å². The van der Waals surface area contributed by atoms with Crippen molar-refractivity contribution in [2.24, 2.45) is 5.73 Å². The van der Waals surface area contributed by atoms with Gasteiger partial charge in [-0.25, -0.2) is 22.8 Å². The van der Waals surface area contributed by atoms with E-state index in [-0.39, 0.29) is 18.0 Å². The van der Waals surface area contributed by atoms with Crippen LogP contribution in [0.3, 0.4) is 0 Å². The number of alkyl halides is 1. The van der Waals surface area contributed by atoms with Gasteiger partial charge >= 0.3 is 0 Å². The molecule has 248 valence electrons. The molecule has 0 spiro atoms. The number of nitrogens with two attached hydrogens (primary N) is 1. The van der Waals surface area contributed by atoms with Gasteiger partial charge < -0.3 is 26.6 Å². The molecule has 46 heavy (non-hydrogen) atoms. The van der Waals surface area contributed by atoms with Crippen LogP contribution in [0.15, 0.2) is 54.9 Å². The molecule has 0 amide bonds. The Bertz CT molecular complexity index is 1670. The van der Waals surface area contributed by atoms with Crippen molar-refractivity contribution < 1.29 is 12.8 Å². The Labute approximate surface area is 269 Å². The largest absolute Gasteiger partial charge is 0.382 e. The first-order valence-corrected chi connectivity index (χ1v) is 17.5. The third kappa shape index (κ3) is 7.32. The maximum atomic E-state index is 12.7. The molecule has 3 aliphatic rings. The Morgan fingerprint density at radius 3 is 2.67 bits per heavy atom. The first kappa shape index (κ1) is 32.3. The summed E-state index contributed by atoms with van der Waals surface area (Å²) >= 11 is 0. The zero-order valence-electron chi connectivity index (χ0n) is 26.4. The average Bonchev–Trinajstić information content (AvgIpc) is 3.61. The van der Waals surface area contributed by atoms with Crippen molar-refractivity contribution >= 4 is 15.6 Å². The standard InChI is InChI=1S/C31H44FN11O2S/c1-41(2)15-3-16-42-17-11-27(40-42)26-20-36-31(33,18-28(26)38-24-6-4-23(5-7-24)34-14-12-32)29-10-13-35-30(39-29)22-19-37-43(21-22)46(44,45)25-8-9-25/h10-11,13,17-21,23-25,34,36,38H,3-9,12,14-16,33H2,1-2H3. The highest BCUT2D eigenvalue weighted by Crippen LogP contribution is 2.32. The van der Waals surface area contributed by atoms with E-state index in [9.17, 15) is 12.8 Å². The number of hydrogen-bond donors (Lipinski definition) is 4. The minimum atomic E-state index is -3.51. The predicted molar refractivity (Wildman–Crippen MR) is 174 cm³/mol. The molecule has 1 unspecified atom stereocenters. The molecule has 2 aliphatic carbocycles. The second-order valence-electron chi connectivity index (χ2n) is 12.7. The molecule has 0 bridgehead atoms. The molecule has 3 aromatic rings. The Balaban J connectivity index is 1.25. The maximum absolute atomic E-state index is 12.7. The van der Waals surface area contributed by atoms with Crippen LogP contribution >= 0.6 is 0 Å². The molecule has 2 fully saturated rings. The highest BCUT2D eigenvalue weighted by Gasteiger charge is 2.38. The van der Waals surface area contributed by atoms with Crippen molar-refractivity contribution in [2.75, 3.05) is 33.9 Å². The molecule has 0 saturated heterocycles. The number of allylic oxidation sites excluding steroid dienone is 1. The SMILES string of the molecule is CN(C)CCCn1ccc(C2=CNC(N)(c3ccnc(-c4cnn(S(=O)(=O)C5CC5)c4)n3)C=C2NC2CCC(NCCF)CC2)n1. The van der Waals surface area contributed by atoms with Gasteiger partial charge in [0.05, 0.1) is 34.6 Å². The van der Waals surface area contributed by atoms with Crippen LogP contribution in [-0.2, 0) is 22.2 Å². The number of nitrogens with zero attached hydrogens (tertiary/aromatic N) is 7. The zero-order chi connectivity index (χ0) is 32.3. The summed E-state index contributed by atoms with van der Waals surface area (Å²) in [6, 6.07) is 4.29. The van der Waals surface area contributed by atoms with Crippen LogP contribution in [0, 0.1) is 0 Å². The highest BCUT2D eigenvalue weighted by atomic mass is 32.2. The van der Waals surface area contributed by atoms with Crippen molar-refractivity contribution in [1.82, 2.24) is 49.8 Å². The van der Waals surface area contributed by atoms with Crippen molar-refractivity contribution in [3.8, 4) is 11.4 Å². The zero-order valence-corrected chi connectivity index (χ0v) is 27.3. The van der Waals surface area contributed by atoms with Crippen LogP contribution in [0.5, 0.6) is 0 Å². The van der Waals surface area contributed by atoms with E-state index in [0.717, 1.165) is 66.2 Å². The van der Waals surface area contributed by atoms with Crippen molar-refractivity contribution in [3.05, 3.63) is 66.3 Å². The summed E-state index contributed by atoms with van der Waals surface area (Å²) in [5.74, 6) is 0.328. The molecule has 15 heteroatoms. The fourth-order valence-corrected chi connectivity index (χ4v) is 7.48. The third-order valence-corrected chi connectivity index (χ3v) is 10.8. The van der Waals surface area contributed by atoms with Gasteiger partial charge in [0, 0.05) is 55.0 Å². The van der Waals surface area contributed by atoms with Crippen LogP contribution in [0.1, 0.15) is 56.3 Å². The smallest absolute Gasteiger partial charge is 0.256 e.